The first-order valence-corrected chi connectivity index (χ1v) is 9.75. The van der Waals surface area contributed by atoms with E-state index in [1.807, 2.05) is 41.9 Å². The number of anilines is 1. The molecule has 0 fully saturated rings. The number of hydrogen-bond donors (Lipinski definition) is 1. The van der Waals surface area contributed by atoms with Crippen LogP contribution in [-0.2, 0) is 17.1 Å². The highest BCUT2D eigenvalue weighted by atomic mass is 32.2. The number of fused-ring (bicyclic) bond motifs is 1. The van der Waals surface area contributed by atoms with E-state index in [9.17, 15) is 8.42 Å². The van der Waals surface area contributed by atoms with Crippen LogP contribution < -0.4 is 4.72 Å². The highest BCUT2D eigenvalue weighted by Gasteiger charge is 2.20. The van der Waals surface area contributed by atoms with Gasteiger partial charge in [-0.15, -0.1) is 0 Å². The van der Waals surface area contributed by atoms with E-state index in [1.165, 1.54) is 6.20 Å². The van der Waals surface area contributed by atoms with Gasteiger partial charge >= 0.3 is 0 Å². The molecule has 0 spiro atoms. The summed E-state index contributed by atoms with van der Waals surface area (Å²) in [6.07, 6.45) is 6.88. The zero-order valence-electron chi connectivity index (χ0n) is 15.1. The fraction of sp³-hybridized carbons (Fsp3) is 0.167. The molecule has 0 saturated heterocycles. The Kier molecular flexibility index (Phi) is 3.96. The third-order valence-electron chi connectivity index (χ3n) is 4.38. The number of nitrogens with zero attached hydrogens (tertiary/aromatic N) is 5. The van der Waals surface area contributed by atoms with Gasteiger partial charge in [-0.05, 0) is 31.5 Å². The van der Waals surface area contributed by atoms with E-state index in [4.69, 9.17) is 0 Å². The number of nitrogens with one attached hydrogen (secondary N) is 1. The largest absolute Gasteiger partial charge is 0.337 e. The molecule has 1 N–H and O–H groups in total. The predicted octanol–water partition coefficient (Wildman–Crippen LogP) is 2.55. The lowest BCUT2D eigenvalue weighted by molar-refractivity contribution is 0.598. The van der Waals surface area contributed by atoms with E-state index >= 15 is 0 Å². The Hall–Kier alpha value is -3.20. The standard InChI is InChI=1S/C18H18N6O2S/c1-12-5-6-14(16-10-24-8-4-7-19-18(24)21-16)9-15(12)22-27(25,26)17-11-23(3)13(2)20-17/h4-11,22H,1-3H3. The third-order valence-corrected chi connectivity index (χ3v) is 5.61. The van der Waals surface area contributed by atoms with Gasteiger partial charge in [0.2, 0.25) is 5.78 Å². The Morgan fingerprint density at radius 1 is 1.11 bits per heavy atom. The first kappa shape index (κ1) is 17.2. The van der Waals surface area contributed by atoms with Crippen molar-refractivity contribution in [2.75, 3.05) is 4.72 Å². The van der Waals surface area contributed by atoms with Crippen molar-refractivity contribution in [1.29, 1.82) is 0 Å². The van der Waals surface area contributed by atoms with Gasteiger partial charge in [-0.1, -0.05) is 12.1 Å². The van der Waals surface area contributed by atoms with Gasteiger partial charge in [0.15, 0.2) is 5.03 Å². The molecule has 0 aliphatic carbocycles. The van der Waals surface area contributed by atoms with Crippen LogP contribution in [0.25, 0.3) is 17.0 Å². The number of sulfonamides is 1. The second-order valence-electron chi connectivity index (χ2n) is 6.33. The summed E-state index contributed by atoms with van der Waals surface area (Å²) in [7, 11) is -2.03. The third kappa shape index (κ3) is 3.17. The molecule has 0 bridgehead atoms. The zero-order chi connectivity index (χ0) is 19.2. The monoisotopic (exact) mass is 382 g/mol. The number of hydrogen-bond acceptors (Lipinski definition) is 5. The fourth-order valence-electron chi connectivity index (χ4n) is 2.71. The Morgan fingerprint density at radius 2 is 1.93 bits per heavy atom. The van der Waals surface area contributed by atoms with Crippen molar-refractivity contribution in [3.05, 3.63) is 60.4 Å². The summed E-state index contributed by atoms with van der Waals surface area (Å²) >= 11 is 0. The minimum absolute atomic E-state index is 0.00997. The molecule has 8 nitrogen and oxygen atoms in total. The Bertz CT molecular complexity index is 1200. The first-order chi connectivity index (χ1) is 12.8. The molecule has 3 heterocycles. The van der Waals surface area contributed by atoms with Crippen LogP contribution in [0.3, 0.4) is 0 Å². The molecule has 3 aromatic heterocycles. The second-order valence-corrected chi connectivity index (χ2v) is 7.95. The average Bonchev–Trinajstić information content (AvgIpc) is 3.21. The van der Waals surface area contributed by atoms with Crippen molar-refractivity contribution in [2.24, 2.45) is 7.05 Å². The Labute approximate surface area is 156 Å². The van der Waals surface area contributed by atoms with Crippen LogP contribution in [0.4, 0.5) is 5.69 Å². The normalized spacial score (nSPS) is 11.8. The minimum Gasteiger partial charge on any atom is -0.337 e. The molecule has 0 unspecified atom stereocenters. The van der Waals surface area contributed by atoms with Gasteiger partial charge in [-0.2, -0.15) is 8.42 Å². The van der Waals surface area contributed by atoms with Gasteiger partial charge in [-0.25, -0.2) is 15.0 Å². The van der Waals surface area contributed by atoms with Crippen molar-refractivity contribution < 1.29 is 8.42 Å². The SMILES string of the molecule is Cc1ccc(-c2cn3cccnc3n2)cc1NS(=O)(=O)c1cn(C)c(C)n1. The highest BCUT2D eigenvalue weighted by molar-refractivity contribution is 7.92. The lowest BCUT2D eigenvalue weighted by Gasteiger charge is -2.10. The molecule has 9 heteroatoms. The molecular formula is C18H18N6O2S. The molecule has 4 rings (SSSR count). The van der Waals surface area contributed by atoms with Crippen LogP contribution in [0, 0.1) is 13.8 Å². The van der Waals surface area contributed by atoms with Crippen LogP contribution in [0.15, 0.2) is 54.1 Å². The lowest BCUT2D eigenvalue weighted by Crippen LogP contribution is -2.14. The van der Waals surface area contributed by atoms with E-state index in [0.717, 1.165) is 11.1 Å². The number of benzene rings is 1. The maximum Gasteiger partial charge on any atom is 0.280 e. The van der Waals surface area contributed by atoms with Crippen molar-refractivity contribution >= 4 is 21.5 Å². The zero-order valence-corrected chi connectivity index (χ0v) is 15.9. The number of aromatic nitrogens is 5. The summed E-state index contributed by atoms with van der Waals surface area (Å²) in [6.45, 7) is 3.60. The van der Waals surface area contributed by atoms with Crippen LogP contribution in [0.5, 0.6) is 0 Å². The van der Waals surface area contributed by atoms with Gasteiger partial charge in [0.1, 0.15) is 5.82 Å². The maximum absolute atomic E-state index is 12.7. The van der Waals surface area contributed by atoms with Gasteiger partial charge < -0.3 is 4.57 Å². The molecule has 0 aliphatic heterocycles. The number of imidazole rings is 2. The van der Waals surface area contributed by atoms with Gasteiger partial charge in [-0.3, -0.25) is 9.12 Å². The van der Waals surface area contributed by atoms with Gasteiger partial charge in [0.05, 0.1) is 11.4 Å². The summed E-state index contributed by atoms with van der Waals surface area (Å²) in [4.78, 5) is 12.8. The summed E-state index contributed by atoms with van der Waals surface area (Å²) in [5.41, 5.74) is 2.79. The number of aryl methyl sites for hydroxylation is 3. The predicted molar refractivity (Wildman–Crippen MR) is 102 cm³/mol. The molecule has 0 atom stereocenters. The molecule has 0 amide bonds. The topological polar surface area (TPSA) is 94.2 Å². The Morgan fingerprint density at radius 3 is 2.63 bits per heavy atom. The summed E-state index contributed by atoms with van der Waals surface area (Å²) in [5.74, 6) is 1.21. The second kappa shape index (κ2) is 6.20. The van der Waals surface area contributed by atoms with Crippen LogP contribution in [-0.4, -0.2) is 32.3 Å². The number of rotatable bonds is 4. The van der Waals surface area contributed by atoms with E-state index < -0.39 is 10.0 Å². The van der Waals surface area contributed by atoms with E-state index in [0.29, 0.717) is 23.0 Å². The maximum atomic E-state index is 12.7. The molecule has 138 valence electrons. The summed E-state index contributed by atoms with van der Waals surface area (Å²) < 4.78 is 31.5. The Balaban J connectivity index is 1.72. The highest BCUT2D eigenvalue weighted by Crippen LogP contribution is 2.26. The lowest BCUT2D eigenvalue weighted by atomic mass is 10.1. The minimum atomic E-state index is -3.78. The smallest absolute Gasteiger partial charge is 0.280 e. The first-order valence-electron chi connectivity index (χ1n) is 8.27. The molecular weight excluding hydrogens is 364 g/mol. The van der Waals surface area contributed by atoms with Crippen molar-refractivity contribution in [1.82, 2.24) is 23.9 Å². The summed E-state index contributed by atoms with van der Waals surface area (Å²) in [5, 5.41) is -0.00997. The van der Waals surface area contributed by atoms with Crippen LogP contribution >= 0.6 is 0 Å². The molecule has 0 radical (unpaired) electrons. The molecule has 1 aromatic carbocycles. The fourth-order valence-corrected chi connectivity index (χ4v) is 3.88. The molecule has 0 saturated carbocycles. The van der Waals surface area contributed by atoms with E-state index in [1.54, 1.807) is 30.8 Å². The van der Waals surface area contributed by atoms with Crippen LogP contribution in [0.1, 0.15) is 11.4 Å². The van der Waals surface area contributed by atoms with Crippen molar-refractivity contribution in [3.8, 4) is 11.3 Å². The van der Waals surface area contributed by atoms with Crippen molar-refractivity contribution in [3.63, 3.8) is 0 Å². The van der Waals surface area contributed by atoms with E-state index in [-0.39, 0.29) is 5.03 Å². The summed E-state index contributed by atoms with van der Waals surface area (Å²) in [6, 6.07) is 7.35. The van der Waals surface area contributed by atoms with Gasteiger partial charge in [0.25, 0.3) is 10.0 Å². The quantitative estimate of drug-likeness (QED) is 0.585. The molecule has 0 aliphatic rings. The molecule has 4 aromatic rings. The van der Waals surface area contributed by atoms with E-state index in [2.05, 4.69) is 19.7 Å². The van der Waals surface area contributed by atoms with Gasteiger partial charge in [0, 0.05) is 37.4 Å². The van der Waals surface area contributed by atoms with Crippen molar-refractivity contribution in [2.45, 2.75) is 18.9 Å². The van der Waals surface area contributed by atoms with Crippen LogP contribution in [0.2, 0.25) is 0 Å². The average molecular weight is 382 g/mol. The molecule has 27 heavy (non-hydrogen) atoms.